The Hall–Kier alpha value is -4.18. The molecule has 1 heterocycles. The first kappa shape index (κ1) is 24.0. The number of hydroxylamine groups is 1. The van der Waals surface area contributed by atoms with Gasteiger partial charge in [0, 0.05) is 23.2 Å². The number of nitrogens with one attached hydrogen (secondary N) is 2. The van der Waals surface area contributed by atoms with E-state index in [1.165, 1.54) is 36.6 Å². The second-order valence-electron chi connectivity index (χ2n) is 7.98. The molecule has 1 aromatic heterocycles. The summed E-state index contributed by atoms with van der Waals surface area (Å²) in [6.07, 6.45) is 3.83. The highest BCUT2D eigenvalue weighted by molar-refractivity contribution is 5.98. The standard InChI is InChI=1S/C25H24FN3O6/c1-2-9-34-28-22(23-13-21(29-35-23)15-3-5-18(26)6-4-15)14-33-20-11-16(10-17(12-20)25(31)32)24(30)27-19-7-8-19/h3-6,10-14,19,28H,2,7-9H2,1H3,(H,27,30)(H,31,32). The lowest BCUT2D eigenvalue weighted by Crippen LogP contribution is -2.25. The van der Waals surface area contributed by atoms with E-state index in [0.717, 1.165) is 19.3 Å². The second-order valence-corrected chi connectivity index (χ2v) is 7.98. The molecule has 0 spiro atoms. The molecule has 4 rings (SSSR count). The Labute approximate surface area is 200 Å². The van der Waals surface area contributed by atoms with Crippen molar-refractivity contribution in [3.05, 3.63) is 77.5 Å². The smallest absolute Gasteiger partial charge is 0.335 e. The molecule has 1 amide bonds. The van der Waals surface area contributed by atoms with E-state index in [4.69, 9.17) is 14.1 Å². The summed E-state index contributed by atoms with van der Waals surface area (Å²) in [5.74, 6) is -1.52. The van der Waals surface area contributed by atoms with Crippen molar-refractivity contribution in [2.75, 3.05) is 6.61 Å². The van der Waals surface area contributed by atoms with Crippen molar-refractivity contribution in [2.45, 2.75) is 32.2 Å². The summed E-state index contributed by atoms with van der Waals surface area (Å²) >= 11 is 0. The van der Waals surface area contributed by atoms with Crippen molar-refractivity contribution in [2.24, 2.45) is 0 Å². The van der Waals surface area contributed by atoms with Gasteiger partial charge in [0.2, 0.25) is 0 Å². The van der Waals surface area contributed by atoms with Crippen LogP contribution in [0.15, 0.2) is 59.3 Å². The first-order valence-corrected chi connectivity index (χ1v) is 11.1. The molecule has 10 heteroatoms. The molecule has 3 aromatic rings. The molecule has 1 aliphatic rings. The van der Waals surface area contributed by atoms with E-state index in [1.807, 2.05) is 6.92 Å². The van der Waals surface area contributed by atoms with Crippen molar-refractivity contribution in [3.63, 3.8) is 0 Å². The van der Waals surface area contributed by atoms with Gasteiger partial charge in [0.1, 0.15) is 29.2 Å². The summed E-state index contributed by atoms with van der Waals surface area (Å²) in [7, 11) is 0. The predicted octanol–water partition coefficient (Wildman–Crippen LogP) is 4.38. The van der Waals surface area contributed by atoms with E-state index >= 15 is 0 Å². The van der Waals surface area contributed by atoms with Gasteiger partial charge >= 0.3 is 5.97 Å². The van der Waals surface area contributed by atoms with Crippen LogP contribution >= 0.6 is 0 Å². The number of aromatic nitrogens is 1. The Bertz CT molecular complexity index is 1230. The Morgan fingerprint density at radius 3 is 2.60 bits per heavy atom. The van der Waals surface area contributed by atoms with E-state index in [0.29, 0.717) is 17.9 Å². The molecule has 0 atom stereocenters. The molecule has 0 bridgehead atoms. The first-order valence-electron chi connectivity index (χ1n) is 11.1. The highest BCUT2D eigenvalue weighted by Crippen LogP contribution is 2.25. The number of benzene rings is 2. The minimum atomic E-state index is -1.19. The quantitative estimate of drug-likeness (QED) is 0.210. The van der Waals surface area contributed by atoms with Gasteiger partial charge in [-0.2, -0.15) is 0 Å². The van der Waals surface area contributed by atoms with Gasteiger partial charge in [-0.25, -0.2) is 9.18 Å². The van der Waals surface area contributed by atoms with Crippen molar-refractivity contribution >= 4 is 17.6 Å². The number of halogens is 1. The van der Waals surface area contributed by atoms with E-state index in [9.17, 15) is 19.1 Å². The number of carboxylic acid groups (broad SMARTS) is 1. The van der Waals surface area contributed by atoms with Crippen LogP contribution in [0.1, 0.15) is 52.7 Å². The number of carbonyl (C=O) groups excluding carboxylic acids is 1. The summed E-state index contributed by atoms with van der Waals surface area (Å²) < 4.78 is 24.3. The van der Waals surface area contributed by atoms with Crippen LogP contribution < -0.4 is 15.5 Å². The minimum Gasteiger partial charge on any atom is -0.478 e. The number of ether oxygens (including phenoxy) is 1. The molecule has 3 N–H and O–H groups in total. The predicted molar refractivity (Wildman–Crippen MR) is 124 cm³/mol. The summed E-state index contributed by atoms with van der Waals surface area (Å²) in [5, 5.41) is 16.3. The van der Waals surface area contributed by atoms with Crippen LogP contribution in [0.25, 0.3) is 17.0 Å². The summed E-state index contributed by atoms with van der Waals surface area (Å²) in [6.45, 7) is 2.34. The average Bonchev–Trinajstić information content (AvgIpc) is 3.53. The van der Waals surface area contributed by atoms with Crippen molar-refractivity contribution in [1.29, 1.82) is 0 Å². The van der Waals surface area contributed by atoms with Crippen LogP contribution in [0, 0.1) is 5.82 Å². The van der Waals surface area contributed by atoms with Crippen LogP contribution in [0.4, 0.5) is 4.39 Å². The molecular formula is C25H24FN3O6. The average molecular weight is 481 g/mol. The van der Waals surface area contributed by atoms with Crippen LogP contribution in [-0.2, 0) is 4.84 Å². The van der Waals surface area contributed by atoms with Gasteiger partial charge in [-0.3, -0.25) is 15.1 Å². The number of rotatable bonds is 11. The maximum Gasteiger partial charge on any atom is 0.335 e. The Balaban J connectivity index is 1.59. The monoisotopic (exact) mass is 481 g/mol. The molecule has 2 aromatic carbocycles. The fourth-order valence-corrected chi connectivity index (χ4v) is 3.07. The van der Waals surface area contributed by atoms with Crippen molar-refractivity contribution < 1.29 is 33.2 Å². The number of carboxylic acids is 1. The van der Waals surface area contributed by atoms with Gasteiger partial charge in [0.25, 0.3) is 5.91 Å². The molecule has 0 saturated heterocycles. The number of amides is 1. The molecular weight excluding hydrogens is 457 g/mol. The van der Waals surface area contributed by atoms with Gasteiger partial charge in [-0.15, -0.1) is 0 Å². The van der Waals surface area contributed by atoms with Crippen molar-refractivity contribution in [3.8, 4) is 17.0 Å². The molecule has 9 nitrogen and oxygen atoms in total. The number of aromatic carboxylic acids is 1. The summed E-state index contributed by atoms with van der Waals surface area (Å²) in [5.41, 5.74) is 4.21. The van der Waals surface area contributed by atoms with Crippen LogP contribution in [0.2, 0.25) is 0 Å². The number of nitrogens with zero attached hydrogens (tertiary/aromatic N) is 1. The lowest BCUT2D eigenvalue weighted by Gasteiger charge is -2.10. The maximum atomic E-state index is 13.2. The SMILES string of the molecule is CCCONC(=COc1cc(C(=O)O)cc(C(=O)NC2CC2)c1)c1cc(-c2ccc(F)cc2)no1. The third kappa shape index (κ3) is 6.45. The third-order valence-corrected chi connectivity index (χ3v) is 5.05. The molecule has 1 aliphatic carbocycles. The zero-order valence-electron chi connectivity index (χ0n) is 18.9. The lowest BCUT2D eigenvalue weighted by molar-refractivity contribution is 0.0696. The molecule has 0 aliphatic heterocycles. The van der Waals surface area contributed by atoms with Crippen molar-refractivity contribution in [1.82, 2.24) is 16.0 Å². The van der Waals surface area contributed by atoms with Crippen LogP contribution in [0.3, 0.4) is 0 Å². The van der Waals surface area contributed by atoms with Gasteiger partial charge in [0.15, 0.2) is 5.76 Å². The zero-order valence-corrected chi connectivity index (χ0v) is 18.9. The van der Waals surface area contributed by atoms with E-state index < -0.39 is 5.97 Å². The van der Waals surface area contributed by atoms with E-state index in [-0.39, 0.29) is 46.1 Å². The van der Waals surface area contributed by atoms with E-state index in [1.54, 1.807) is 18.2 Å². The molecule has 0 radical (unpaired) electrons. The second kappa shape index (κ2) is 10.8. The first-order chi connectivity index (χ1) is 16.9. The van der Waals surface area contributed by atoms with Crippen LogP contribution in [-0.4, -0.2) is 34.8 Å². The Kier molecular flexibility index (Phi) is 7.41. The minimum absolute atomic E-state index is 0.0909. The maximum absolute atomic E-state index is 13.2. The Morgan fingerprint density at radius 2 is 1.91 bits per heavy atom. The number of carbonyl (C=O) groups is 2. The van der Waals surface area contributed by atoms with Gasteiger partial charge in [0.05, 0.1) is 12.2 Å². The fraction of sp³-hybridized carbons (Fsp3) is 0.240. The largest absolute Gasteiger partial charge is 0.478 e. The van der Waals surface area contributed by atoms with Crippen LogP contribution in [0.5, 0.6) is 5.75 Å². The highest BCUT2D eigenvalue weighted by Gasteiger charge is 2.24. The molecule has 0 unspecified atom stereocenters. The summed E-state index contributed by atoms with van der Waals surface area (Å²) in [4.78, 5) is 29.4. The molecule has 182 valence electrons. The Morgan fingerprint density at radius 1 is 1.17 bits per heavy atom. The highest BCUT2D eigenvalue weighted by atomic mass is 19.1. The normalized spacial score (nSPS) is 13.4. The van der Waals surface area contributed by atoms with Gasteiger partial charge in [-0.05, 0) is 61.7 Å². The van der Waals surface area contributed by atoms with E-state index in [2.05, 4.69) is 16.0 Å². The number of hydrogen-bond donors (Lipinski definition) is 3. The molecule has 1 saturated carbocycles. The lowest BCUT2D eigenvalue weighted by atomic mass is 10.1. The molecule has 35 heavy (non-hydrogen) atoms. The zero-order chi connectivity index (χ0) is 24.8. The third-order valence-electron chi connectivity index (χ3n) is 5.05. The summed E-state index contributed by atoms with van der Waals surface area (Å²) in [6, 6.07) is 11.6. The number of hydrogen-bond acceptors (Lipinski definition) is 7. The van der Waals surface area contributed by atoms with Gasteiger partial charge < -0.3 is 19.7 Å². The fourth-order valence-electron chi connectivity index (χ4n) is 3.07. The van der Waals surface area contributed by atoms with Gasteiger partial charge in [-0.1, -0.05) is 12.1 Å². The topological polar surface area (TPSA) is 123 Å². The molecule has 1 fully saturated rings.